The molecule has 1 atom stereocenters. The zero-order valence-electron chi connectivity index (χ0n) is 14.1. The minimum atomic E-state index is -2.86. The van der Waals surface area contributed by atoms with Gasteiger partial charge in [0.05, 0.1) is 5.69 Å². The fourth-order valence-electron chi connectivity index (χ4n) is 1.86. The standard InChI is InChI=1S/C9H11N5OS.C5H12O2S2/c1-7(15)11-14-12-10-9(16)13(14)8-5-3-2-4-6-8;1-2-3-4-5-9(6,7)8/h2-6,12H,1H3,(H,10,16)(H,11,15);2-5H2,1H3,(H,6,7,8). The molecule has 140 valence electrons. The Kier molecular flexibility index (Phi) is 9.17. The number of anilines is 1. The molecule has 1 aliphatic rings. The molecule has 1 amide bonds. The zero-order chi connectivity index (χ0) is 18.9. The Morgan fingerprint density at radius 3 is 2.48 bits per heavy atom. The summed E-state index contributed by atoms with van der Waals surface area (Å²) >= 11 is 9.39. The van der Waals surface area contributed by atoms with Gasteiger partial charge in [-0.1, -0.05) is 38.0 Å². The summed E-state index contributed by atoms with van der Waals surface area (Å²) in [5.41, 5.74) is 8.89. The lowest BCUT2D eigenvalue weighted by Gasteiger charge is -2.25. The SMILES string of the molecule is CC(=O)NN1NNC(=S)N1c1ccccc1.CCCCCS(=O)(O)=S. The van der Waals surface area contributed by atoms with Crippen LogP contribution in [0, 0.1) is 0 Å². The summed E-state index contributed by atoms with van der Waals surface area (Å²) < 4.78 is 19.0. The van der Waals surface area contributed by atoms with Crippen molar-refractivity contribution in [1.29, 1.82) is 0 Å². The second kappa shape index (κ2) is 10.6. The molecule has 11 heteroatoms. The molecule has 1 aromatic rings. The van der Waals surface area contributed by atoms with E-state index in [0.29, 0.717) is 5.11 Å². The zero-order valence-corrected chi connectivity index (χ0v) is 16.5. The van der Waals surface area contributed by atoms with Gasteiger partial charge in [-0.3, -0.25) is 15.6 Å². The first kappa shape index (κ1) is 21.7. The van der Waals surface area contributed by atoms with Crippen LogP contribution in [0.2, 0.25) is 0 Å². The Bertz CT molecular complexity index is 670. The van der Waals surface area contributed by atoms with Crippen molar-refractivity contribution in [1.82, 2.24) is 21.6 Å². The number of carbonyl (C=O) groups is 1. The lowest BCUT2D eigenvalue weighted by molar-refractivity contribution is -0.124. The van der Waals surface area contributed by atoms with E-state index in [9.17, 15) is 9.00 Å². The van der Waals surface area contributed by atoms with Gasteiger partial charge in [-0.2, -0.15) is 0 Å². The van der Waals surface area contributed by atoms with Crippen LogP contribution in [0.5, 0.6) is 0 Å². The molecule has 1 fully saturated rings. The molecule has 1 aliphatic heterocycles. The number of rotatable bonds is 6. The van der Waals surface area contributed by atoms with Crippen molar-refractivity contribution in [2.45, 2.75) is 33.1 Å². The van der Waals surface area contributed by atoms with Crippen molar-refractivity contribution in [3.63, 3.8) is 0 Å². The molecule has 1 unspecified atom stereocenters. The highest BCUT2D eigenvalue weighted by Gasteiger charge is 2.27. The minimum absolute atomic E-state index is 0.195. The number of nitrogens with zero attached hydrogens (tertiary/aromatic N) is 2. The Labute approximate surface area is 158 Å². The highest BCUT2D eigenvalue weighted by molar-refractivity contribution is 8.29. The highest BCUT2D eigenvalue weighted by Crippen LogP contribution is 2.15. The molecule has 0 aliphatic carbocycles. The van der Waals surface area contributed by atoms with E-state index in [-0.39, 0.29) is 11.7 Å². The number of hydrogen-bond donors (Lipinski definition) is 4. The van der Waals surface area contributed by atoms with Crippen LogP contribution in [0.4, 0.5) is 5.69 Å². The number of unbranched alkanes of at least 4 members (excludes halogenated alkanes) is 2. The van der Waals surface area contributed by atoms with Crippen LogP contribution in [0.1, 0.15) is 33.1 Å². The average molecular weight is 406 g/mol. The molecule has 0 aromatic heterocycles. The quantitative estimate of drug-likeness (QED) is 0.414. The van der Waals surface area contributed by atoms with E-state index in [1.807, 2.05) is 37.3 Å². The molecule has 0 radical (unpaired) electrons. The number of nitrogens with one attached hydrogen (secondary N) is 3. The molecule has 4 N–H and O–H groups in total. The predicted octanol–water partition coefficient (Wildman–Crippen LogP) is 1.46. The van der Waals surface area contributed by atoms with E-state index in [2.05, 4.69) is 27.6 Å². The Morgan fingerprint density at radius 1 is 1.32 bits per heavy atom. The molecule has 1 saturated heterocycles. The molecular weight excluding hydrogens is 382 g/mol. The van der Waals surface area contributed by atoms with Crippen molar-refractivity contribution in [3.8, 4) is 0 Å². The second-order valence-electron chi connectivity index (χ2n) is 5.16. The van der Waals surface area contributed by atoms with Crippen LogP contribution in [0.15, 0.2) is 30.3 Å². The van der Waals surface area contributed by atoms with Crippen LogP contribution < -0.4 is 21.4 Å². The topological polar surface area (TPSA) is 96.9 Å². The first-order valence-corrected chi connectivity index (χ1v) is 10.7. The largest absolute Gasteiger partial charge is 0.306 e. The van der Waals surface area contributed by atoms with Crippen LogP contribution in [0.3, 0.4) is 0 Å². The van der Waals surface area contributed by atoms with E-state index in [4.69, 9.17) is 16.8 Å². The minimum Gasteiger partial charge on any atom is -0.306 e. The summed E-state index contributed by atoms with van der Waals surface area (Å²) in [7, 11) is -2.86. The van der Waals surface area contributed by atoms with E-state index in [1.165, 1.54) is 12.2 Å². The highest BCUT2D eigenvalue weighted by atomic mass is 32.8. The fraction of sp³-hybridized carbons (Fsp3) is 0.429. The Hall–Kier alpha value is -1.37. The van der Waals surface area contributed by atoms with Gasteiger partial charge in [0.15, 0.2) is 0 Å². The van der Waals surface area contributed by atoms with Gasteiger partial charge in [0.1, 0.15) is 8.77 Å². The summed E-state index contributed by atoms with van der Waals surface area (Å²) in [6.45, 7) is 3.47. The number of thiocarbonyl (C=S) groups is 1. The first-order chi connectivity index (χ1) is 11.7. The second-order valence-corrected chi connectivity index (χ2v) is 8.68. The Morgan fingerprint density at radius 2 is 1.96 bits per heavy atom. The maximum absolute atomic E-state index is 11.0. The summed E-state index contributed by atoms with van der Waals surface area (Å²) in [5.74, 6) is 0.0795. The van der Waals surface area contributed by atoms with Gasteiger partial charge in [-0.25, -0.2) is 9.22 Å². The molecule has 1 heterocycles. The monoisotopic (exact) mass is 405 g/mol. The fourth-order valence-corrected chi connectivity index (χ4v) is 3.01. The lowest BCUT2D eigenvalue weighted by Crippen LogP contribution is -2.54. The molecule has 0 saturated carbocycles. The predicted molar refractivity (Wildman–Crippen MR) is 106 cm³/mol. The van der Waals surface area contributed by atoms with E-state index in [0.717, 1.165) is 24.9 Å². The maximum Gasteiger partial charge on any atom is 0.233 e. The van der Waals surface area contributed by atoms with Gasteiger partial charge in [0.2, 0.25) is 11.0 Å². The van der Waals surface area contributed by atoms with Crippen molar-refractivity contribution >= 4 is 48.9 Å². The van der Waals surface area contributed by atoms with Gasteiger partial charge < -0.3 is 4.55 Å². The van der Waals surface area contributed by atoms with Gasteiger partial charge in [-0.15, -0.1) is 5.53 Å². The number of hydrogen-bond acceptors (Lipinski definition) is 6. The van der Waals surface area contributed by atoms with Gasteiger partial charge in [-0.05, 0) is 36.0 Å². The van der Waals surface area contributed by atoms with Gasteiger partial charge >= 0.3 is 0 Å². The number of benzene rings is 1. The smallest absolute Gasteiger partial charge is 0.233 e. The van der Waals surface area contributed by atoms with Crippen LogP contribution in [0.25, 0.3) is 0 Å². The van der Waals surface area contributed by atoms with Crippen molar-refractivity contribution in [2.24, 2.45) is 0 Å². The van der Waals surface area contributed by atoms with Gasteiger partial charge in [0.25, 0.3) is 0 Å². The third kappa shape index (κ3) is 8.52. The van der Waals surface area contributed by atoms with Crippen LogP contribution >= 0.6 is 12.2 Å². The number of amides is 1. The number of para-hydroxylation sites is 1. The summed E-state index contributed by atoms with van der Waals surface area (Å²) in [6.07, 6.45) is 2.83. The maximum atomic E-state index is 11.0. The molecule has 0 spiro atoms. The third-order valence-electron chi connectivity index (χ3n) is 2.93. The summed E-state index contributed by atoms with van der Waals surface area (Å²) in [5, 5.41) is 3.48. The number of hydrazine groups is 4. The lowest BCUT2D eigenvalue weighted by atomic mass is 10.3. The molecule has 2 rings (SSSR count). The van der Waals surface area contributed by atoms with Crippen molar-refractivity contribution < 1.29 is 13.6 Å². The van der Waals surface area contributed by atoms with E-state index in [1.54, 1.807) is 5.01 Å². The number of carbonyl (C=O) groups excluding carboxylic acids is 1. The molecule has 1 aromatic carbocycles. The Balaban J connectivity index is 0.000000299. The van der Waals surface area contributed by atoms with Crippen LogP contribution in [-0.2, 0) is 24.8 Å². The normalized spacial score (nSPS) is 16.4. The third-order valence-corrected chi connectivity index (χ3v) is 4.51. The summed E-state index contributed by atoms with van der Waals surface area (Å²) in [4.78, 5) is 11.0. The average Bonchev–Trinajstić information content (AvgIpc) is 2.88. The molecule has 8 nitrogen and oxygen atoms in total. The van der Waals surface area contributed by atoms with Crippen molar-refractivity contribution in [2.75, 3.05) is 10.8 Å². The van der Waals surface area contributed by atoms with E-state index < -0.39 is 8.77 Å². The van der Waals surface area contributed by atoms with E-state index >= 15 is 0 Å². The molecular formula is C14H23N5O3S3. The van der Waals surface area contributed by atoms with Gasteiger partial charge in [0, 0.05) is 23.9 Å². The van der Waals surface area contributed by atoms with Crippen molar-refractivity contribution in [3.05, 3.63) is 30.3 Å². The summed E-state index contributed by atoms with van der Waals surface area (Å²) in [6, 6.07) is 9.46. The first-order valence-electron chi connectivity index (χ1n) is 7.68. The van der Waals surface area contributed by atoms with Crippen LogP contribution in [-0.4, -0.2) is 30.8 Å². The molecule has 0 bridgehead atoms. The molecule has 25 heavy (non-hydrogen) atoms.